The number of ether oxygens (including phenoxy) is 3. The van der Waals surface area contributed by atoms with Crippen molar-refractivity contribution in [1.82, 2.24) is 5.32 Å². The van der Waals surface area contributed by atoms with Gasteiger partial charge in [-0.15, -0.1) is 6.58 Å². The molecule has 0 spiro atoms. The molecule has 1 N–H and O–H groups in total. The van der Waals surface area contributed by atoms with Crippen LogP contribution in [0.4, 0.5) is 0 Å². The maximum Gasteiger partial charge on any atom is 0.123 e. The zero-order valence-corrected chi connectivity index (χ0v) is 13.2. The van der Waals surface area contributed by atoms with Crippen molar-refractivity contribution in [3.8, 4) is 11.5 Å². The molecule has 0 fully saturated rings. The first-order chi connectivity index (χ1) is 10.3. The molecular formula is C17H27NO3. The maximum atomic E-state index is 5.85. The first-order valence-corrected chi connectivity index (χ1v) is 7.42. The molecule has 0 aliphatic rings. The predicted molar refractivity (Wildman–Crippen MR) is 86.4 cm³/mol. The van der Waals surface area contributed by atoms with E-state index in [1.54, 1.807) is 14.2 Å². The Morgan fingerprint density at radius 1 is 1.14 bits per heavy atom. The number of hydrogen-bond acceptors (Lipinski definition) is 4. The lowest BCUT2D eigenvalue weighted by atomic mass is 10.1. The average Bonchev–Trinajstić information content (AvgIpc) is 2.51. The summed E-state index contributed by atoms with van der Waals surface area (Å²) in [6.45, 7) is 7.23. The molecule has 0 aliphatic heterocycles. The number of nitrogens with one attached hydrogen (secondary N) is 1. The van der Waals surface area contributed by atoms with Crippen LogP contribution in [0.3, 0.4) is 0 Å². The first kappa shape index (κ1) is 17.5. The van der Waals surface area contributed by atoms with Crippen LogP contribution in [0.2, 0.25) is 0 Å². The lowest BCUT2D eigenvalue weighted by Crippen LogP contribution is -2.19. The summed E-state index contributed by atoms with van der Waals surface area (Å²) in [5, 5.41) is 3.37. The van der Waals surface area contributed by atoms with Gasteiger partial charge in [0.2, 0.25) is 0 Å². The van der Waals surface area contributed by atoms with Crippen molar-refractivity contribution < 1.29 is 14.2 Å². The van der Waals surface area contributed by atoms with Gasteiger partial charge in [0.05, 0.1) is 13.7 Å². The third kappa shape index (κ3) is 7.16. The molecule has 0 heterocycles. The van der Waals surface area contributed by atoms with Crippen LogP contribution in [0.15, 0.2) is 30.9 Å². The van der Waals surface area contributed by atoms with E-state index >= 15 is 0 Å². The first-order valence-electron chi connectivity index (χ1n) is 7.42. The summed E-state index contributed by atoms with van der Waals surface area (Å²) >= 11 is 0. The normalized spacial score (nSPS) is 10.4. The smallest absolute Gasteiger partial charge is 0.123 e. The minimum absolute atomic E-state index is 0.702. The van der Waals surface area contributed by atoms with Crippen LogP contribution in [-0.4, -0.2) is 40.5 Å². The fourth-order valence-corrected chi connectivity index (χ4v) is 1.98. The lowest BCUT2D eigenvalue weighted by molar-refractivity contribution is 0.194. The van der Waals surface area contributed by atoms with E-state index in [1.165, 1.54) is 0 Å². The van der Waals surface area contributed by atoms with Crippen LogP contribution in [0.1, 0.15) is 18.4 Å². The molecule has 1 aromatic rings. The Morgan fingerprint density at radius 2 is 1.90 bits per heavy atom. The molecule has 0 unspecified atom stereocenters. The fourth-order valence-electron chi connectivity index (χ4n) is 1.98. The van der Waals surface area contributed by atoms with E-state index < -0.39 is 0 Å². The van der Waals surface area contributed by atoms with Gasteiger partial charge in [-0.3, -0.25) is 0 Å². The van der Waals surface area contributed by atoms with Crippen LogP contribution in [0.5, 0.6) is 11.5 Å². The second-order valence-electron chi connectivity index (χ2n) is 4.76. The molecule has 4 nitrogen and oxygen atoms in total. The Morgan fingerprint density at radius 3 is 2.57 bits per heavy atom. The van der Waals surface area contributed by atoms with Gasteiger partial charge in [0.15, 0.2) is 0 Å². The Labute approximate surface area is 128 Å². The number of benzene rings is 1. The Balaban J connectivity index is 2.29. The van der Waals surface area contributed by atoms with Crippen LogP contribution < -0.4 is 14.8 Å². The van der Waals surface area contributed by atoms with Crippen LogP contribution in [0.25, 0.3) is 0 Å². The van der Waals surface area contributed by atoms with Crippen molar-refractivity contribution in [2.75, 3.05) is 40.5 Å². The summed E-state index contributed by atoms with van der Waals surface area (Å²) in [6, 6.07) is 5.88. The monoisotopic (exact) mass is 293 g/mol. The van der Waals surface area contributed by atoms with Crippen molar-refractivity contribution in [3.63, 3.8) is 0 Å². The Kier molecular flexibility index (Phi) is 9.33. The van der Waals surface area contributed by atoms with Crippen LogP contribution in [-0.2, 0) is 11.2 Å². The SMILES string of the molecule is C=CCc1cc(OC)ccc1OCCCNCCCOC. The molecule has 0 saturated heterocycles. The Hall–Kier alpha value is -1.52. The summed E-state index contributed by atoms with van der Waals surface area (Å²) in [7, 11) is 3.40. The van der Waals surface area contributed by atoms with Crippen molar-refractivity contribution >= 4 is 0 Å². The molecule has 0 aliphatic carbocycles. The van der Waals surface area contributed by atoms with Gasteiger partial charge in [-0.1, -0.05) is 6.08 Å². The number of hydrogen-bond donors (Lipinski definition) is 1. The van der Waals surface area contributed by atoms with E-state index in [9.17, 15) is 0 Å². The van der Waals surface area contributed by atoms with E-state index in [-0.39, 0.29) is 0 Å². The van der Waals surface area contributed by atoms with E-state index in [4.69, 9.17) is 14.2 Å². The van der Waals surface area contributed by atoms with Crippen molar-refractivity contribution in [2.24, 2.45) is 0 Å². The van der Waals surface area contributed by atoms with Gasteiger partial charge in [0, 0.05) is 19.3 Å². The van der Waals surface area contributed by atoms with E-state index in [0.29, 0.717) is 6.61 Å². The van der Waals surface area contributed by atoms with Gasteiger partial charge in [-0.2, -0.15) is 0 Å². The summed E-state index contributed by atoms with van der Waals surface area (Å²) in [6.07, 6.45) is 4.67. The second kappa shape index (κ2) is 11.2. The number of methoxy groups -OCH3 is 2. The van der Waals surface area contributed by atoms with Crippen LogP contribution >= 0.6 is 0 Å². The minimum Gasteiger partial charge on any atom is -0.497 e. The average molecular weight is 293 g/mol. The number of rotatable bonds is 12. The highest BCUT2D eigenvalue weighted by atomic mass is 16.5. The maximum absolute atomic E-state index is 5.85. The zero-order chi connectivity index (χ0) is 15.3. The molecule has 4 heteroatoms. The molecule has 21 heavy (non-hydrogen) atoms. The van der Waals surface area contributed by atoms with Crippen molar-refractivity contribution in [3.05, 3.63) is 36.4 Å². The topological polar surface area (TPSA) is 39.7 Å². The standard InChI is InChI=1S/C17H27NO3/c1-4-7-15-14-16(20-3)8-9-17(15)21-13-6-11-18-10-5-12-19-2/h4,8-9,14,18H,1,5-7,10-13H2,2-3H3. The lowest BCUT2D eigenvalue weighted by Gasteiger charge is -2.12. The minimum atomic E-state index is 0.702. The molecule has 0 bridgehead atoms. The van der Waals surface area contributed by atoms with E-state index in [0.717, 1.165) is 56.0 Å². The highest BCUT2D eigenvalue weighted by Crippen LogP contribution is 2.25. The summed E-state index contributed by atoms with van der Waals surface area (Å²) < 4.78 is 16.1. The van der Waals surface area contributed by atoms with Crippen molar-refractivity contribution in [2.45, 2.75) is 19.3 Å². The molecular weight excluding hydrogens is 266 g/mol. The fraction of sp³-hybridized carbons (Fsp3) is 0.529. The summed E-state index contributed by atoms with van der Waals surface area (Å²) in [5.41, 5.74) is 1.11. The molecule has 0 amide bonds. The molecule has 118 valence electrons. The zero-order valence-electron chi connectivity index (χ0n) is 13.2. The van der Waals surface area contributed by atoms with Gasteiger partial charge >= 0.3 is 0 Å². The highest BCUT2D eigenvalue weighted by Gasteiger charge is 2.04. The molecule has 1 rings (SSSR count). The molecule has 0 radical (unpaired) electrons. The molecule has 0 saturated carbocycles. The predicted octanol–water partition coefficient (Wildman–Crippen LogP) is 2.82. The highest BCUT2D eigenvalue weighted by molar-refractivity contribution is 5.41. The molecule has 0 aromatic heterocycles. The van der Waals surface area contributed by atoms with Crippen LogP contribution in [0, 0.1) is 0 Å². The van der Waals surface area contributed by atoms with Crippen molar-refractivity contribution in [1.29, 1.82) is 0 Å². The van der Waals surface area contributed by atoms with E-state index in [2.05, 4.69) is 11.9 Å². The largest absolute Gasteiger partial charge is 0.497 e. The summed E-state index contributed by atoms with van der Waals surface area (Å²) in [5.74, 6) is 1.76. The third-order valence-electron chi connectivity index (χ3n) is 3.09. The third-order valence-corrected chi connectivity index (χ3v) is 3.09. The van der Waals surface area contributed by atoms with Gasteiger partial charge in [-0.25, -0.2) is 0 Å². The van der Waals surface area contributed by atoms with Gasteiger partial charge in [0.25, 0.3) is 0 Å². The molecule has 0 atom stereocenters. The Bertz CT molecular complexity index is 407. The van der Waals surface area contributed by atoms with Gasteiger partial charge in [-0.05, 0) is 50.6 Å². The van der Waals surface area contributed by atoms with Gasteiger partial charge < -0.3 is 19.5 Å². The molecule has 1 aromatic carbocycles. The van der Waals surface area contributed by atoms with Gasteiger partial charge in [0.1, 0.15) is 11.5 Å². The quantitative estimate of drug-likeness (QED) is 0.475. The number of allylic oxidation sites excluding steroid dienone is 1. The van der Waals surface area contributed by atoms with E-state index in [1.807, 2.05) is 24.3 Å². The second-order valence-corrected chi connectivity index (χ2v) is 4.76. The summed E-state index contributed by atoms with van der Waals surface area (Å²) in [4.78, 5) is 0.